The van der Waals surface area contributed by atoms with Crippen LogP contribution in [0.5, 0.6) is 0 Å². The summed E-state index contributed by atoms with van der Waals surface area (Å²) < 4.78 is 26.6. The SMILES string of the molecule is CC(C)N(C)S(=O)(=O)c1cccc(C(=O)NCc2ccc(N3CCCC3)nc2)c1. The number of amides is 1. The van der Waals surface area contributed by atoms with Gasteiger partial charge < -0.3 is 10.2 Å². The molecule has 0 aliphatic carbocycles. The lowest BCUT2D eigenvalue weighted by molar-refractivity contribution is 0.0950. The molecule has 1 aromatic carbocycles. The number of aromatic nitrogens is 1. The zero-order valence-corrected chi connectivity index (χ0v) is 17.9. The van der Waals surface area contributed by atoms with Gasteiger partial charge in [-0.2, -0.15) is 4.31 Å². The van der Waals surface area contributed by atoms with Gasteiger partial charge in [0.15, 0.2) is 0 Å². The van der Waals surface area contributed by atoms with Crippen molar-refractivity contribution in [3.63, 3.8) is 0 Å². The van der Waals surface area contributed by atoms with E-state index in [9.17, 15) is 13.2 Å². The Morgan fingerprint density at radius 3 is 2.55 bits per heavy atom. The number of nitrogens with zero attached hydrogens (tertiary/aromatic N) is 3. The van der Waals surface area contributed by atoms with E-state index in [0.717, 1.165) is 24.5 Å². The van der Waals surface area contributed by atoms with Crippen LogP contribution in [0, 0.1) is 0 Å². The van der Waals surface area contributed by atoms with Gasteiger partial charge in [0.25, 0.3) is 5.91 Å². The maximum atomic E-state index is 12.7. The molecular formula is C21H28N4O3S. The fourth-order valence-electron chi connectivity index (χ4n) is 3.18. The van der Waals surface area contributed by atoms with Gasteiger partial charge in [-0.15, -0.1) is 0 Å². The second-order valence-electron chi connectivity index (χ2n) is 7.54. The number of sulfonamides is 1. The lowest BCUT2D eigenvalue weighted by Crippen LogP contribution is -2.33. The van der Waals surface area contributed by atoms with Crippen LogP contribution < -0.4 is 10.2 Å². The molecule has 0 saturated carbocycles. The van der Waals surface area contributed by atoms with Crippen LogP contribution in [0.3, 0.4) is 0 Å². The van der Waals surface area contributed by atoms with Crippen LogP contribution in [-0.4, -0.2) is 49.8 Å². The zero-order valence-electron chi connectivity index (χ0n) is 17.1. The van der Waals surface area contributed by atoms with Gasteiger partial charge in [-0.1, -0.05) is 12.1 Å². The Labute approximate surface area is 172 Å². The first kappa shape index (κ1) is 21.3. The van der Waals surface area contributed by atoms with Crippen molar-refractivity contribution in [2.24, 2.45) is 0 Å². The Morgan fingerprint density at radius 2 is 1.93 bits per heavy atom. The number of hydrogen-bond donors (Lipinski definition) is 1. The number of nitrogens with one attached hydrogen (secondary N) is 1. The Balaban J connectivity index is 1.65. The summed E-state index contributed by atoms with van der Waals surface area (Å²) in [6.45, 7) is 6.01. The number of carbonyl (C=O) groups is 1. The highest BCUT2D eigenvalue weighted by Crippen LogP contribution is 2.19. The van der Waals surface area contributed by atoms with E-state index in [4.69, 9.17) is 0 Å². The largest absolute Gasteiger partial charge is 0.357 e. The molecule has 3 rings (SSSR count). The van der Waals surface area contributed by atoms with E-state index in [-0.39, 0.29) is 16.8 Å². The average Bonchev–Trinajstić information content (AvgIpc) is 3.26. The second kappa shape index (κ2) is 8.92. The third-order valence-corrected chi connectivity index (χ3v) is 7.22. The summed E-state index contributed by atoms with van der Waals surface area (Å²) in [5, 5.41) is 2.83. The third-order valence-electron chi connectivity index (χ3n) is 5.19. The summed E-state index contributed by atoms with van der Waals surface area (Å²) in [5.41, 5.74) is 1.20. The molecule has 2 heterocycles. The predicted molar refractivity (Wildman–Crippen MR) is 113 cm³/mol. The van der Waals surface area contributed by atoms with E-state index >= 15 is 0 Å². The molecule has 29 heavy (non-hydrogen) atoms. The first-order chi connectivity index (χ1) is 13.8. The number of benzene rings is 1. The summed E-state index contributed by atoms with van der Waals surface area (Å²) in [6.07, 6.45) is 4.16. The molecular weight excluding hydrogens is 388 g/mol. The fourth-order valence-corrected chi connectivity index (χ4v) is 4.59. The second-order valence-corrected chi connectivity index (χ2v) is 9.54. The van der Waals surface area contributed by atoms with Crippen LogP contribution in [0.25, 0.3) is 0 Å². The molecule has 7 nitrogen and oxygen atoms in total. The van der Waals surface area contributed by atoms with Crippen LogP contribution in [0.15, 0.2) is 47.5 Å². The first-order valence-corrected chi connectivity index (χ1v) is 11.3. The van der Waals surface area contributed by atoms with E-state index in [0.29, 0.717) is 12.1 Å². The third kappa shape index (κ3) is 4.94. The van der Waals surface area contributed by atoms with Crippen molar-refractivity contribution in [2.45, 2.75) is 44.2 Å². The Kier molecular flexibility index (Phi) is 6.54. The minimum Gasteiger partial charge on any atom is -0.357 e. The molecule has 0 atom stereocenters. The maximum absolute atomic E-state index is 12.7. The molecule has 1 aliphatic rings. The van der Waals surface area contributed by atoms with Gasteiger partial charge in [0, 0.05) is 44.5 Å². The Morgan fingerprint density at radius 1 is 1.21 bits per heavy atom. The molecule has 1 N–H and O–H groups in total. The molecule has 1 fully saturated rings. The summed E-state index contributed by atoms with van der Waals surface area (Å²) in [4.78, 5) is 19.4. The number of carbonyl (C=O) groups excluding carboxylic acids is 1. The highest BCUT2D eigenvalue weighted by molar-refractivity contribution is 7.89. The molecule has 156 valence electrons. The highest BCUT2D eigenvalue weighted by Gasteiger charge is 2.24. The van der Waals surface area contributed by atoms with Gasteiger partial charge in [-0.05, 0) is 56.5 Å². The minimum atomic E-state index is -3.64. The van der Waals surface area contributed by atoms with Crippen molar-refractivity contribution in [3.8, 4) is 0 Å². The maximum Gasteiger partial charge on any atom is 0.251 e. The monoisotopic (exact) mass is 416 g/mol. The lowest BCUT2D eigenvalue weighted by Gasteiger charge is -2.21. The van der Waals surface area contributed by atoms with E-state index in [2.05, 4.69) is 15.2 Å². The molecule has 0 unspecified atom stereocenters. The van der Waals surface area contributed by atoms with Crippen LogP contribution in [0.2, 0.25) is 0 Å². The molecule has 2 aromatic rings. The molecule has 0 bridgehead atoms. The lowest BCUT2D eigenvalue weighted by atomic mass is 10.2. The summed E-state index contributed by atoms with van der Waals surface area (Å²) >= 11 is 0. The van der Waals surface area contributed by atoms with Gasteiger partial charge in [-0.3, -0.25) is 4.79 Å². The van der Waals surface area contributed by atoms with Crippen LogP contribution >= 0.6 is 0 Å². The van der Waals surface area contributed by atoms with E-state index in [1.165, 1.54) is 36.3 Å². The van der Waals surface area contributed by atoms with Crippen molar-refractivity contribution < 1.29 is 13.2 Å². The highest BCUT2D eigenvalue weighted by atomic mass is 32.2. The molecule has 8 heteroatoms. The zero-order chi connectivity index (χ0) is 21.0. The standard InChI is InChI=1S/C21H28N4O3S/c1-16(2)24(3)29(27,28)19-8-6-7-18(13-19)21(26)23-15-17-9-10-20(22-14-17)25-11-4-5-12-25/h6-10,13-14,16H,4-5,11-12,15H2,1-3H3,(H,23,26). The smallest absolute Gasteiger partial charge is 0.251 e. The van der Waals surface area contributed by atoms with Crippen molar-refractivity contribution in [3.05, 3.63) is 53.7 Å². The van der Waals surface area contributed by atoms with E-state index < -0.39 is 10.0 Å². The van der Waals surface area contributed by atoms with Gasteiger partial charge >= 0.3 is 0 Å². The van der Waals surface area contributed by atoms with E-state index in [1.54, 1.807) is 32.2 Å². The van der Waals surface area contributed by atoms with Crippen LogP contribution in [0.4, 0.5) is 5.82 Å². The normalized spacial score (nSPS) is 14.6. The predicted octanol–water partition coefficient (Wildman–Crippen LogP) is 2.64. The van der Waals surface area contributed by atoms with Crippen molar-refractivity contribution in [2.75, 3.05) is 25.0 Å². The number of rotatable bonds is 7. The quantitative estimate of drug-likeness (QED) is 0.750. The number of hydrogen-bond acceptors (Lipinski definition) is 5. The van der Waals surface area contributed by atoms with Crippen LogP contribution in [-0.2, 0) is 16.6 Å². The topological polar surface area (TPSA) is 82.6 Å². The molecule has 0 radical (unpaired) electrons. The number of anilines is 1. The van der Waals surface area contributed by atoms with E-state index in [1.807, 2.05) is 12.1 Å². The van der Waals surface area contributed by atoms with Crippen LogP contribution in [0.1, 0.15) is 42.6 Å². The summed E-state index contributed by atoms with van der Waals surface area (Å²) in [6, 6.07) is 9.88. The average molecular weight is 417 g/mol. The fraction of sp³-hybridized carbons (Fsp3) is 0.429. The summed E-state index contributed by atoms with van der Waals surface area (Å²) in [5.74, 6) is 0.641. The Hall–Kier alpha value is -2.45. The van der Waals surface area contributed by atoms with Gasteiger partial charge in [-0.25, -0.2) is 13.4 Å². The van der Waals surface area contributed by atoms with Crippen molar-refractivity contribution in [1.82, 2.24) is 14.6 Å². The van der Waals surface area contributed by atoms with Gasteiger partial charge in [0.05, 0.1) is 4.90 Å². The first-order valence-electron chi connectivity index (χ1n) is 9.85. The molecule has 1 amide bonds. The molecule has 1 aliphatic heterocycles. The van der Waals surface area contributed by atoms with Gasteiger partial charge in [0.1, 0.15) is 5.82 Å². The Bertz CT molecular complexity index is 952. The molecule has 0 spiro atoms. The molecule has 1 saturated heterocycles. The number of pyridine rings is 1. The van der Waals surface area contributed by atoms with Gasteiger partial charge in [0.2, 0.25) is 10.0 Å². The summed E-state index contributed by atoms with van der Waals surface area (Å²) in [7, 11) is -2.10. The minimum absolute atomic E-state index is 0.109. The van der Waals surface area contributed by atoms with Crippen molar-refractivity contribution >= 4 is 21.7 Å². The van der Waals surface area contributed by atoms with Crippen molar-refractivity contribution in [1.29, 1.82) is 0 Å². The molecule has 1 aromatic heterocycles.